The van der Waals surface area contributed by atoms with Crippen molar-refractivity contribution in [3.63, 3.8) is 0 Å². The van der Waals surface area contributed by atoms with E-state index in [9.17, 15) is 9.59 Å². The second-order valence-corrected chi connectivity index (χ2v) is 5.79. The molecule has 0 saturated heterocycles. The van der Waals surface area contributed by atoms with Crippen LogP contribution in [0.5, 0.6) is 0 Å². The normalized spacial score (nSPS) is 11.6. The van der Waals surface area contributed by atoms with Gasteiger partial charge in [-0.15, -0.1) is 0 Å². The zero-order chi connectivity index (χ0) is 16.8. The molecule has 0 radical (unpaired) electrons. The van der Waals surface area contributed by atoms with Gasteiger partial charge >= 0.3 is 0 Å². The van der Waals surface area contributed by atoms with Crippen LogP contribution in [0.15, 0.2) is 48.5 Å². The van der Waals surface area contributed by atoms with E-state index in [1.54, 1.807) is 12.1 Å². The quantitative estimate of drug-likeness (QED) is 0.874. The molecule has 120 valence electrons. The van der Waals surface area contributed by atoms with Gasteiger partial charge in [0.25, 0.3) is 0 Å². The first-order chi connectivity index (χ1) is 11.0. The van der Waals surface area contributed by atoms with Crippen LogP contribution in [0.4, 0.5) is 5.69 Å². The standard InChI is InChI=1S/C18H19ClN2O2/c1-12-8-9-15(10-16(12)19)21-18(23)11-17(20-13(2)22)14-6-4-3-5-7-14/h3-10,17H,11H2,1-2H3,(H,20,22)(H,21,23)/t17-/m1/s1. The Morgan fingerprint density at radius 1 is 1.13 bits per heavy atom. The summed E-state index contributed by atoms with van der Waals surface area (Å²) in [6.07, 6.45) is 0.148. The first-order valence-corrected chi connectivity index (χ1v) is 7.71. The zero-order valence-electron chi connectivity index (χ0n) is 13.1. The summed E-state index contributed by atoms with van der Waals surface area (Å²) in [6.45, 7) is 3.34. The molecule has 0 unspecified atom stereocenters. The van der Waals surface area contributed by atoms with Gasteiger partial charge < -0.3 is 10.6 Å². The molecular weight excluding hydrogens is 312 g/mol. The third kappa shape index (κ3) is 5.11. The molecule has 2 rings (SSSR count). The first-order valence-electron chi connectivity index (χ1n) is 7.34. The predicted octanol–water partition coefficient (Wildman–Crippen LogP) is 3.85. The second-order valence-electron chi connectivity index (χ2n) is 5.38. The molecule has 2 amide bonds. The molecule has 0 aliphatic rings. The van der Waals surface area contributed by atoms with Gasteiger partial charge in [-0.25, -0.2) is 0 Å². The Hall–Kier alpha value is -2.33. The summed E-state index contributed by atoms with van der Waals surface area (Å²) in [4.78, 5) is 23.7. The SMILES string of the molecule is CC(=O)N[C@H](CC(=O)Nc1ccc(C)c(Cl)c1)c1ccccc1. The van der Waals surface area contributed by atoms with Crippen molar-refractivity contribution >= 4 is 29.1 Å². The van der Waals surface area contributed by atoms with Gasteiger partial charge in [0.1, 0.15) is 0 Å². The lowest BCUT2D eigenvalue weighted by atomic mass is 10.0. The molecule has 0 fully saturated rings. The summed E-state index contributed by atoms with van der Waals surface area (Å²) in [5.74, 6) is -0.363. The number of benzene rings is 2. The van der Waals surface area contributed by atoms with Crippen LogP contribution >= 0.6 is 11.6 Å². The van der Waals surface area contributed by atoms with Crippen LogP contribution in [0.2, 0.25) is 5.02 Å². The van der Waals surface area contributed by atoms with Crippen LogP contribution in [-0.2, 0) is 9.59 Å². The molecule has 2 aromatic carbocycles. The molecule has 4 nitrogen and oxygen atoms in total. The zero-order valence-corrected chi connectivity index (χ0v) is 13.9. The van der Waals surface area contributed by atoms with Crippen molar-refractivity contribution in [2.75, 3.05) is 5.32 Å². The van der Waals surface area contributed by atoms with Gasteiger partial charge in [0.05, 0.1) is 12.5 Å². The van der Waals surface area contributed by atoms with E-state index in [-0.39, 0.29) is 24.3 Å². The number of rotatable bonds is 5. The lowest BCUT2D eigenvalue weighted by molar-refractivity contribution is -0.120. The monoisotopic (exact) mass is 330 g/mol. The molecule has 0 aromatic heterocycles. The Bertz CT molecular complexity index is 701. The summed E-state index contributed by atoms with van der Waals surface area (Å²) in [5.41, 5.74) is 2.48. The van der Waals surface area contributed by atoms with E-state index in [0.29, 0.717) is 10.7 Å². The molecule has 0 spiro atoms. The molecule has 23 heavy (non-hydrogen) atoms. The van der Waals surface area contributed by atoms with Gasteiger partial charge in [0.15, 0.2) is 0 Å². The smallest absolute Gasteiger partial charge is 0.226 e. The van der Waals surface area contributed by atoms with Gasteiger partial charge in [0.2, 0.25) is 11.8 Å². The molecule has 0 bridgehead atoms. The average molecular weight is 331 g/mol. The van der Waals surface area contributed by atoms with E-state index in [4.69, 9.17) is 11.6 Å². The van der Waals surface area contributed by atoms with Crippen LogP contribution in [0, 0.1) is 6.92 Å². The highest BCUT2D eigenvalue weighted by atomic mass is 35.5. The summed E-state index contributed by atoms with van der Waals surface area (Å²) >= 11 is 6.06. The van der Waals surface area contributed by atoms with E-state index in [0.717, 1.165) is 11.1 Å². The van der Waals surface area contributed by atoms with E-state index in [1.807, 2.05) is 43.3 Å². The lowest BCUT2D eigenvalue weighted by Gasteiger charge is -2.18. The van der Waals surface area contributed by atoms with Crippen molar-refractivity contribution in [3.8, 4) is 0 Å². The Morgan fingerprint density at radius 2 is 1.83 bits per heavy atom. The largest absolute Gasteiger partial charge is 0.349 e. The molecule has 0 heterocycles. The minimum atomic E-state index is -0.366. The lowest BCUT2D eigenvalue weighted by Crippen LogP contribution is -2.29. The number of amides is 2. The number of hydrogen-bond donors (Lipinski definition) is 2. The fourth-order valence-corrected chi connectivity index (χ4v) is 2.43. The van der Waals surface area contributed by atoms with Crippen LogP contribution in [0.25, 0.3) is 0 Å². The molecule has 0 aliphatic heterocycles. The maximum atomic E-state index is 12.3. The number of anilines is 1. The van der Waals surface area contributed by atoms with Crippen molar-refractivity contribution in [1.82, 2.24) is 5.32 Å². The van der Waals surface area contributed by atoms with E-state index < -0.39 is 0 Å². The summed E-state index contributed by atoms with van der Waals surface area (Å²) < 4.78 is 0. The van der Waals surface area contributed by atoms with Gasteiger partial charge in [-0.2, -0.15) is 0 Å². The summed E-state index contributed by atoms with van der Waals surface area (Å²) in [7, 11) is 0. The number of nitrogens with one attached hydrogen (secondary N) is 2. The Morgan fingerprint density at radius 3 is 2.43 bits per heavy atom. The maximum absolute atomic E-state index is 12.3. The van der Waals surface area contributed by atoms with Gasteiger partial charge in [0, 0.05) is 17.6 Å². The van der Waals surface area contributed by atoms with Crippen molar-refractivity contribution < 1.29 is 9.59 Å². The number of halogens is 1. The highest BCUT2D eigenvalue weighted by Crippen LogP contribution is 2.21. The highest BCUT2D eigenvalue weighted by molar-refractivity contribution is 6.31. The van der Waals surface area contributed by atoms with Crippen LogP contribution in [0.1, 0.15) is 30.5 Å². The van der Waals surface area contributed by atoms with Gasteiger partial charge in [-0.1, -0.05) is 48.0 Å². The number of carbonyl (C=O) groups excluding carboxylic acids is 2. The molecule has 1 atom stereocenters. The van der Waals surface area contributed by atoms with Crippen molar-refractivity contribution in [3.05, 3.63) is 64.7 Å². The van der Waals surface area contributed by atoms with Crippen molar-refractivity contribution in [1.29, 1.82) is 0 Å². The van der Waals surface area contributed by atoms with E-state index in [1.165, 1.54) is 6.92 Å². The van der Waals surface area contributed by atoms with E-state index >= 15 is 0 Å². The Kier molecular flexibility index (Phi) is 5.77. The fraction of sp³-hybridized carbons (Fsp3) is 0.222. The minimum Gasteiger partial charge on any atom is -0.349 e. The predicted molar refractivity (Wildman–Crippen MR) is 92.4 cm³/mol. The van der Waals surface area contributed by atoms with Gasteiger partial charge in [-0.05, 0) is 30.2 Å². The third-order valence-corrected chi connectivity index (χ3v) is 3.83. The fourth-order valence-electron chi connectivity index (χ4n) is 2.25. The molecule has 0 saturated carbocycles. The van der Waals surface area contributed by atoms with Crippen LogP contribution < -0.4 is 10.6 Å². The first kappa shape index (κ1) is 17.0. The molecule has 0 aliphatic carbocycles. The Balaban J connectivity index is 2.08. The molecule has 2 N–H and O–H groups in total. The molecule has 2 aromatic rings. The summed E-state index contributed by atoms with van der Waals surface area (Å²) in [6, 6.07) is 14.4. The summed E-state index contributed by atoms with van der Waals surface area (Å²) in [5, 5.41) is 6.22. The third-order valence-electron chi connectivity index (χ3n) is 3.42. The van der Waals surface area contributed by atoms with Crippen LogP contribution in [-0.4, -0.2) is 11.8 Å². The maximum Gasteiger partial charge on any atom is 0.226 e. The van der Waals surface area contributed by atoms with Gasteiger partial charge in [-0.3, -0.25) is 9.59 Å². The number of carbonyl (C=O) groups is 2. The number of aryl methyl sites for hydroxylation is 1. The molecule has 5 heteroatoms. The van der Waals surface area contributed by atoms with Crippen molar-refractivity contribution in [2.45, 2.75) is 26.3 Å². The minimum absolute atomic E-state index is 0.148. The van der Waals surface area contributed by atoms with E-state index in [2.05, 4.69) is 10.6 Å². The average Bonchev–Trinajstić information content (AvgIpc) is 2.51. The Labute approximate surface area is 140 Å². The number of hydrogen-bond acceptors (Lipinski definition) is 2. The van der Waals surface area contributed by atoms with Crippen molar-refractivity contribution in [2.24, 2.45) is 0 Å². The second kappa shape index (κ2) is 7.79. The van der Waals surface area contributed by atoms with Crippen LogP contribution in [0.3, 0.4) is 0 Å². The highest BCUT2D eigenvalue weighted by Gasteiger charge is 2.17. The topological polar surface area (TPSA) is 58.2 Å². The molecular formula is C18H19ClN2O2.